The van der Waals surface area contributed by atoms with Gasteiger partial charge < -0.3 is 19.3 Å². The van der Waals surface area contributed by atoms with E-state index < -0.39 is 12.8 Å². The molecule has 1 atom stereocenters. The molecule has 1 N–H and O–H groups in total. The van der Waals surface area contributed by atoms with Crippen LogP contribution in [0.4, 0.5) is 25.1 Å². The maximum absolute atomic E-state index is 12.7. The number of nitrogens with one attached hydrogen (secondary N) is 1. The third kappa shape index (κ3) is 5.07. The number of hydrogen-bond acceptors (Lipinski definition) is 7. The Hall–Kier alpha value is -2.69. The van der Waals surface area contributed by atoms with E-state index in [0.29, 0.717) is 44.7 Å². The Labute approximate surface area is 172 Å². The lowest BCUT2D eigenvalue weighted by Crippen LogP contribution is -2.39. The van der Waals surface area contributed by atoms with Gasteiger partial charge in [-0.05, 0) is 25.3 Å². The number of hydrogen-bond donors (Lipinski definition) is 0. The summed E-state index contributed by atoms with van der Waals surface area (Å²) >= 11 is 0. The number of ether oxygens (including phenoxy) is 2. The van der Waals surface area contributed by atoms with Crippen molar-refractivity contribution in [3.63, 3.8) is 0 Å². The molecule has 0 aromatic carbocycles. The summed E-state index contributed by atoms with van der Waals surface area (Å²) in [5, 5.41) is 0. The van der Waals surface area contributed by atoms with Gasteiger partial charge in [0.15, 0.2) is 19.0 Å². The van der Waals surface area contributed by atoms with Crippen LogP contribution in [0, 0.1) is 0 Å². The van der Waals surface area contributed by atoms with Gasteiger partial charge in [0.1, 0.15) is 0 Å². The molecule has 0 amide bonds. The third-order valence-corrected chi connectivity index (χ3v) is 5.13. The molecule has 2 saturated heterocycles. The maximum Gasteiger partial charge on any atom is 0.422 e. The zero-order chi connectivity index (χ0) is 21.0. The van der Waals surface area contributed by atoms with Crippen LogP contribution >= 0.6 is 0 Å². The van der Waals surface area contributed by atoms with E-state index in [1.807, 2.05) is 34.3 Å². The summed E-state index contributed by atoms with van der Waals surface area (Å²) in [6.07, 6.45) is 2.18. The van der Waals surface area contributed by atoms with Crippen LogP contribution in [-0.4, -0.2) is 60.6 Å². The fourth-order valence-electron chi connectivity index (χ4n) is 3.71. The van der Waals surface area contributed by atoms with Crippen molar-refractivity contribution < 1.29 is 27.6 Å². The molecule has 2 aromatic heterocycles. The zero-order valence-electron chi connectivity index (χ0n) is 16.4. The van der Waals surface area contributed by atoms with Crippen molar-refractivity contribution in [1.29, 1.82) is 0 Å². The molecule has 30 heavy (non-hydrogen) atoms. The SMILES string of the molecule is FC(F)(F)COc1nc(N2CCOCC2)nc(N2CCCCC2c2ccc[nH+]c2)n1. The molecular formula is C19H24F3N6O2+. The minimum Gasteiger partial charge on any atom is -0.454 e. The minimum atomic E-state index is -4.47. The van der Waals surface area contributed by atoms with Gasteiger partial charge in [0, 0.05) is 31.3 Å². The van der Waals surface area contributed by atoms with E-state index in [1.165, 1.54) is 0 Å². The molecule has 11 heteroatoms. The molecule has 4 rings (SSSR count). The van der Waals surface area contributed by atoms with Crippen LogP contribution < -0.4 is 19.5 Å². The lowest BCUT2D eigenvalue weighted by Gasteiger charge is -2.36. The number of alkyl halides is 3. The Kier molecular flexibility index (Phi) is 6.16. The molecule has 4 heterocycles. The number of rotatable bonds is 5. The van der Waals surface area contributed by atoms with Crippen LogP contribution in [-0.2, 0) is 4.74 Å². The van der Waals surface area contributed by atoms with E-state index in [0.717, 1.165) is 24.8 Å². The van der Waals surface area contributed by atoms with E-state index in [1.54, 1.807) is 0 Å². The van der Waals surface area contributed by atoms with E-state index >= 15 is 0 Å². The van der Waals surface area contributed by atoms with Gasteiger partial charge in [0.2, 0.25) is 11.9 Å². The van der Waals surface area contributed by atoms with Crippen LogP contribution in [0.25, 0.3) is 0 Å². The van der Waals surface area contributed by atoms with E-state index in [9.17, 15) is 13.2 Å². The second-order valence-electron chi connectivity index (χ2n) is 7.26. The molecule has 2 aromatic rings. The highest BCUT2D eigenvalue weighted by atomic mass is 19.4. The summed E-state index contributed by atoms with van der Waals surface area (Å²) in [4.78, 5) is 20.0. The predicted molar refractivity (Wildman–Crippen MR) is 101 cm³/mol. The Morgan fingerprint density at radius 2 is 1.90 bits per heavy atom. The molecular weight excluding hydrogens is 401 g/mol. The topological polar surface area (TPSA) is 77.8 Å². The number of aromatic nitrogens is 4. The summed E-state index contributed by atoms with van der Waals surface area (Å²) < 4.78 is 48.3. The van der Waals surface area contributed by atoms with E-state index in [4.69, 9.17) is 9.47 Å². The Balaban J connectivity index is 1.67. The third-order valence-electron chi connectivity index (χ3n) is 5.13. The molecule has 8 nitrogen and oxygen atoms in total. The number of nitrogens with zero attached hydrogens (tertiary/aromatic N) is 5. The van der Waals surface area contributed by atoms with E-state index in [-0.39, 0.29) is 12.1 Å². The van der Waals surface area contributed by atoms with Crippen molar-refractivity contribution >= 4 is 11.9 Å². The highest BCUT2D eigenvalue weighted by Gasteiger charge is 2.31. The normalized spacial score (nSPS) is 20.3. The second kappa shape index (κ2) is 8.99. The van der Waals surface area contributed by atoms with Gasteiger partial charge >= 0.3 is 12.2 Å². The quantitative estimate of drug-likeness (QED) is 0.727. The second-order valence-corrected chi connectivity index (χ2v) is 7.26. The lowest BCUT2D eigenvalue weighted by molar-refractivity contribution is -0.378. The lowest BCUT2D eigenvalue weighted by atomic mass is 9.97. The van der Waals surface area contributed by atoms with Crippen molar-refractivity contribution in [2.45, 2.75) is 31.5 Å². The molecule has 0 bridgehead atoms. The fourth-order valence-corrected chi connectivity index (χ4v) is 3.71. The predicted octanol–water partition coefficient (Wildman–Crippen LogP) is 2.20. The molecule has 2 fully saturated rings. The van der Waals surface area contributed by atoms with Gasteiger partial charge in [-0.2, -0.15) is 28.1 Å². The maximum atomic E-state index is 12.7. The molecule has 0 spiro atoms. The number of morpholine rings is 1. The first-order chi connectivity index (χ1) is 14.5. The number of anilines is 2. The molecule has 1 unspecified atom stereocenters. The van der Waals surface area contributed by atoms with Crippen LogP contribution in [0.3, 0.4) is 0 Å². The Morgan fingerprint density at radius 3 is 2.63 bits per heavy atom. The van der Waals surface area contributed by atoms with Crippen molar-refractivity contribution in [2.24, 2.45) is 0 Å². The van der Waals surface area contributed by atoms with Gasteiger partial charge in [-0.3, -0.25) is 0 Å². The van der Waals surface area contributed by atoms with Crippen molar-refractivity contribution in [3.05, 3.63) is 30.1 Å². The van der Waals surface area contributed by atoms with Gasteiger partial charge in [0.05, 0.1) is 19.3 Å². The first-order valence-corrected chi connectivity index (χ1v) is 10.0. The smallest absolute Gasteiger partial charge is 0.422 e. The first-order valence-electron chi connectivity index (χ1n) is 10.0. The molecule has 162 valence electrons. The minimum absolute atomic E-state index is 0.0200. The van der Waals surface area contributed by atoms with Crippen LogP contribution in [0.2, 0.25) is 0 Å². The van der Waals surface area contributed by atoms with Gasteiger partial charge in [-0.1, -0.05) is 0 Å². The van der Waals surface area contributed by atoms with E-state index in [2.05, 4.69) is 19.9 Å². The Bertz CT molecular complexity index is 833. The van der Waals surface area contributed by atoms with Crippen molar-refractivity contribution in [1.82, 2.24) is 15.0 Å². The zero-order valence-corrected chi connectivity index (χ0v) is 16.4. The number of piperidine rings is 1. The fraction of sp³-hybridized carbons (Fsp3) is 0.579. The number of aromatic amines is 1. The van der Waals surface area contributed by atoms with Crippen LogP contribution in [0.15, 0.2) is 24.5 Å². The van der Waals surface area contributed by atoms with Crippen LogP contribution in [0.5, 0.6) is 6.01 Å². The average Bonchev–Trinajstić information content (AvgIpc) is 2.78. The number of H-pyrrole nitrogens is 1. The molecule has 0 saturated carbocycles. The van der Waals surface area contributed by atoms with Crippen LogP contribution in [0.1, 0.15) is 30.9 Å². The summed E-state index contributed by atoms with van der Waals surface area (Å²) in [7, 11) is 0. The summed E-state index contributed by atoms with van der Waals surface area (Å²) in [6, 6.07) is 3.64. The molecule has 0 aliphatic carbocycles. The summed E-state index contributed by atoms with van der Waals surface area (Å²) in [5.74, 6) is 0.640. The standard InChI is InChI=1S/C19H23F3N6O2/c20-19(21,22)13-30-18-25-16(27-8-10-29-11-9-27)24-17(26-18)28-7-2-1-5-15(28)14-4-3-6-23-12-14/h3-4,6,12,15H,1-2,5,7-11,13H2/p+1. The van der Waals surface area contributed by atoms with Crippen molar-refractivity contribution in [2.75, 3.05) is 49.3 Å². The highest BCUT2D eigenvalue weighted by molar-refractivity contribution is 5.43. The number of halogens is 3. The largest absolute Gasteiger partial charge is 0.454 e. The first kappa shape index (κ1) is 20.6. The molecule has 2 aliphatic heterocycles. The van der Waals surface area contributed by atoms with Gasteiger partial charge in [-0.25, -0.2) is 4.98 Å². The number of pyridine rings is 1. The van der Waals surface area contributed by atoms with Gasteiger partial charge in [0.25, 0.3) is 0 Å². The Morgan fingerprint density at radius 1 is 1.10 bits per heavy atom. The highest BCUT2D eigenvalue weighted by Crippen LogP contribution is 2.34. The molecule has 0 radical (unpaired) electrons. The molecule has 2 aliphatic rings. The summed E-state index contributed by atoms with van der Waals surface area (Å²) in [6.45, 7) is 1.37. The average molecular weight is 425 g/mol. The monoisotopic (exact) mass is 425 g/mol. The summed E-state index contributed by atoms with van der Waals surface area (Å²) in [5.41, 5.74) is 1.07. The van der Waals surface area contributed by atoms with Gasteiger partial charge in [-0.15, -0.1) is 0 Å². The van der Waals surface area contributed by atoms with Crippen molar-refractivity contribution in [3.8, 4) is 6.01 Å².